The molecule has 1 unspecified atom stereocenters. The number of nitrogens with one attached hydrogen (secondary N) is 3. The first-order chi connectivity index (χ1) is 15.4. The van der Waals surface area contributed by atoms with Gasteiger partial charge in [-0.05, 0) is 46.1 Å². The van der Waals surface area contributed by atoms with E-state index in [2.05, 4.69) is 37.6 Å². The van der Waals surface area contributed by atoms with Gasteiger partial charge in [0.15, 0.2) is 5.96 Å². The number of piperidine rings is 1. The van der Waals surface area contributed by atoms with Gasteiger partial charge in [-0.15, -0.1) is 0 Å². The lowest BCUT2D eigenvalue weighted by atomic mass is 9.96. The van der Waals surface area contributed by atoms with E-state index in [0.717, 1.165) is 49.8 Å². The summed E-state index contributed by atoms with van der Waals surface area (Å²) in [5.41, 5.74) is 0.430. The van der Waals surface area contributed by atoms with Gasteiger partial charge in [0, 0.05) is 25.6 Å². The van der Waals surface area contributed by atoms with Crippen LogP contribution < -0.4 is 10.6 Å². The Hall–Kier alpha value is -3.10. The van der Waals surface area contributed by atoms with Crippen molar-refractivity contribution in [3.05, 3.63) is 48.0 Å². The lowest BCUT2D eigenvalue weighted by Gasteiger charge is -2.33. The number of carbonyl (C=O) groups excluding carboxylic acids is 1. The predicted octanol–water partition coefficient (Wildman–Crippen LogP) is 3.22. The van der Waals surface area contributed by atoms with Gasteiger partial charge in [-0.3, -0.25) is 10.1 Å². The highest BCUT2D eigenvalue weighted by molar-refractivity contribution is 5.80. The van der Waals surface area contributed by atoms with E-state index in [1.807, 2.05) is 51.1 Å². The summed E-state index contributed by atoms with van der Waals surface area (Å²) < 4.78 is 5.47. The van der Waals surface area contributed by atoms with Crippen LogP contribution in [-0.4, -0.2) is 63.9 Å². The SMILES string of the molecule is CCNC(=NCC(NC(=O)OC(C)(C)C)c1ccccc1)N1CCC(c2ncn[nH]2)CC1. The van der Waals surface area contributed by atoms with Crippen LogP contribution in [0, 0.1) is 0 Å². The molecule has 2 heterocycles. The van der Waals surface area contributed by atoms with Gasteiger partial charge < -0.3 is 20.3 Å². The van der Waals surface area contributed by atoms with Crippen LogP contribution in [0.3, 0.4) is 0 Å². The van der Waals surface area contributed by atoms with E-state index in [1.165, 1.54) is 0 Å². The minimum Gasteiger partial charge on any atom is -0.444 e. The van der Waals surface area contributed by atoms with Crippen LogP contribution in [0.5, 0.6) is 0 Å². The van der Waals surface area contributed by atoms with E-state index in [0.29, 0.717) is 12.5 Å². The molecule has 1 aliphatic rings. The van der Waals surface area contributed by atoms with E-state index < -0.39 is 11.7 Å². The predicted molar refractivity (Wildman–Crippen MR) is 124 cm³/mol. The van der Waals surface area contributed by atoms with Crippen molar-refractivity contribution < 1.29 is 9.53 Å². The standard InChI is InChI=1S/C23H35N7O2/c1-5-24-21(30-13-11-18(12-14-30)20-26-16-27-29-20)25-15-19(17-9-7-6-8-10-17)28-22(31)32-23(2,3)4/h6-10,16,18-19H,5,11-15H2,1-4H3,(H,24,25)(H,28,31)(H,26,27,29). The van der Waals surface area contributed by atoms with Crippen molar-refractivity contribution in [3.8, 4) is 0 Å². The second kappa shape index (κ2) is 11.0. The lowest BCUT2D eigenvalue weighted by molar-refractivity contribution is 0.0505. The van der Waals surface area contributed by atoms with E-state index in [1.54, 1.807) is 6.33 Å². The molecule has 0 spiro atoms. The molecular formula is C23H35N7O2. The third kappa shape index (κ3) is 6.96. The second-order valence-electron chi connectivity index (χ2n) is 8.94. The molecule has 0 aliphatic carbocycles. The molecule has 1 saturated heterocycles. The van der Waals surface area contributed by atoms with Gasteiger partial charge in [-0.25, -0.2) is 9.78 Å². The van der Waals surface area contributed by atoms with Crippen molar-refractivity contribution in [2.45, 2.75) is 58.1 Å². The van der Waals surface area contributed by atoms with Crippen molar-refractivity contribution in [2.24, 2.45) is 4.99 Å². The van der Waals surface area contributed by atoms with Crippen molar-refractivity contribution in [3.63, 3.8) is 0 Å². The number of ether oxygens (including phenoxy) is 1. The molecule has 9 heteroatoms. The molecule has 0 radical (unpaired) electrons. The molecule has 0 bridgehead atoms. The Balaban J connectivity index is 1.68. The number of aromatic nitrogens is 3. The average molecular weight is 442 g/mol. The molecule has 32 heavy (non-hydrogen) atoms. The number of amides is 1. The average Bonchev–Trinajstić information content (AvgIpc) is 3.30. The Labute approximate surface area is 190 Å². The maximum Gasteiger partial charge on any atom is 0.408 e. The number of likely N-dealkylation sites (tertiary alicyclic amines) is 1. The second-order valence-corrected chi connectivity index (χ2v) is 8.94. The first kappa shape index (κ1) is 23.6. The zero-order valence-corrected chi connectivity index (χ0v) is 19.5. The number of guanidine groups is 1. The molecule has 1 fully saturated rings. The van der Waals surface area contributed by atoms with Crippen LogP contribution in [-0.2, 0) is 4.74 Å². The van der Waals surface area contributed by atoms with Crippen molar-refractivity contribution >= 4 is 12.1 Å². The van der Waals surface area contributed by atoms with Gasteiger partial charge in [0.25, 0.3) is 0 Å². The number of aromatic amines is 1. The smallest absolute Gasteiger partial charge is 0.408 e. The van der Waals surface area contributed by atoms with Gasteiger partial charge in [-0.2, -0.15) is 5.10 Å². The third-order valence-corrected chi connectivity index (χ3v) is 5.27. The number of carbonyl (C=O) groups is 1. The molecule has 1 amide bonds. The molecule has 3 N–H and O–H groups in total. The summed E-state index contributed by atoms with van der Waals surface area (Å²) in [7, 11) is 0. The maximum absolute atomic E-state index is 12.4. The topological polar surface area (TPSA) is 108 Å². The van der Waals surface area contributed by atoms with Crippen LogP contribution in [0.25, 0.3) is 0 Å². The van der Waals surface area contributed by atoms with Gasteiger partial charge in [0.2, 0.25) is 0 Å². The van der Waals surface area contributed by atoms with E-state index in [4.69, 9.17) is 9.73 Å². The van der Waals surface area contributed by atoms with Crippen LogP contribution in [0.2, 0.25) is 0 Å². The number of alkyl carbamates (subject to hydrolysis) is 1. The first-order valence-corrected chi connectivity index (χ1v) is 11.3. The summed E-state index contributed by atoms with van der Waals surface area (Å²) in [6, 6.07) is 9.58. The fourth-order valence-corrected chi connectivity index (χ4v) is 3.75. The van der Waals surface area contributed by atoms with E-state index in [-0.39, 0.29) is 6.04 Å². The largest absolute Gasteiger partial charge is 0.444 e. The summed E-state index contributed by atoms with van der Waals surface area (Å²) in [5.74, 6) is 2.20. The third-order valence-electron chi connectivity index (χ3n) is 5.27. The Morgan fingerprint density at radius 2 is 2.00 bits per heavy atom. The highest BCUT2D eigenvalue weighted by atomic mass is 16.6. The number of benzene rings is 1. The number of nitrogens with zero attached hydrogens (tertiary/aromatic N) is 4. The first-order valence-electron chi connectivity index (χ1n) is 11.3. The fourth-order valence-electron chi connectivity index (χ4n) is 3.75. The summed E-state index contributed by atoms with van der Waals surface area (Å²) in [6.07, 6.45) is 3.09. The number of H-pyrrole nitrogens is 1. The molecule has 1 aromatic carbocycles. The fraction of sp³-hybridized carbons (Fsp3) is 0.565. The number of rotatable bonds is 6. The Kier molecular flexibility index (Phi) is 8.08. The molecule has 1 aromatic heterocycles. The molecule has 2 aromatic rings. The van der Waals surface area contributed by atoms with Crippen LogP contribution in [0.1, 0.15) is 63.9 Å². The summed E-state index contributed by atoms with van der Waals surface area (Å²) >= 11 is 0. The Morgan fingerprint density at radius 3 is 2.59 bits per heavy atom. The Bertz CT molecular complexity index is 854. The quantitative estimate of drug-likeness (QED) is 0.469. The van der Waals surface area contributed by atoms with Gasteiger partial charge in [0.1, 0.15) is 17.8 Å². The molecule has 3 rings (SSSR count). The highest BCUT2D eigenvalue weighted by Crippen LogP contribution is 2.25. The Morgan fingerprint density at radius 1 is 1.28 bits per heavy atom. The van der Waals surface area contributed by atoms with Gasteiger partial charge >= 0.3 is 6.09 Å². The molecular weight excluding hydrogens is 406 g/mol. The number of hydrogen-bond acceptors (Lipinski definition) is 5. The van der Waals surface area contributed by atoms with Crippen LogP contribution >= 0.6 is 0 Å². The van der Waals surface area contributed by atoms with E-state index >= 15 is 0 Å². The minimum absolute atomic E-state index is 0.286. The van der Waals surface area contributed by atoms with Crippen molar-refractivity contribution in [1.29, 1.82) is 0 Å². The van der Waals surface area contributed by atoms with E-state index in [9.17, 15) is 4.79 Å². The molecule has 1 atom stereocenters. The zero-order valence-electron chi connectivity index (χ0n) is 19.5. The monoisotopic (exact) mass is 441 g/mol. The number of aliphatic imine (C=N–C) groups is 1. The minimum atomic E-state index is -0.558. The molecule has 1 aliphatic heterocycles. The maximum atomic E-state index is 12.4. The van der Waals surface area contributed by atoms with Crippen molar-refractivity contribution in [1.82, 2.24) is 30.7 Å². The summed E-state index contributed by atoms with van der Waals surface area (Å²) in [6.45, 7) is 10.6. The lowest BCUT2D eigenvalue weighted by Crippen LogP contribution is -2.46. The summed E-state index contributed by atoms with van der Waals surface area (Å²) in [5, 5.41) is 13.3. The molecule has 9 nitrogen and oxygen atoms in total. The normalized spacial score (nSPS) is 16.5. The molecule has 174 valence electrons. The van der Waals surface area contributed by atoms with Gasteiger partial charge in [0.05, 0.1) is 12.6 Å². The highest BCUT2D eigenvalue weighted by Gasteiger charge is 2.25. The van der Waals surface area contributed by atoms with Crippen LogP contribution in [0.4, 0.5) is 4.79 Å². The van der Waals surface area contributed by atoms with Crippen molar-refractivity contribution in [2.75, 3.05) is 26.2 Å². The number of hydrogen-bond donors (Lipinski definition) is 3. The molecule has 0 saturated carbocycles. The summed E-state index contributed by atoms with van der Waals surface area (Å²) in [4.78, 5) is 23.9. The van der Waals surface area contributed by atoms with Gasteiger partial charge in [-0.1, -0.05) is 30.3 Å². The van der Waals surface area contributed by atoms with Crippen LogP contribution in [0.15, 0.2) is 41.7 Å². The zero-order chi connectivity index (χ0) is 23.0.